The van der Waals surface area contributed by atoms with Crippen LogP contribution >= 0.6 is 11.6 Å². The molecule has 0 saturated carbocycles. The average molecular weight is 439 g/mol. The van der Waals surface area contributed by atoms with Crippen molar-refractivity contribution in [2.24, 2.45) is 0 Å². The molecule has 0 heterocycles. The smallest absolute Gasteiger partial charge is 0.259 e. The molecule has 0 aromatic heterocycles. The van der Waals surface area contributed by atoms with Crippen molar-refractivity contribution in [1.29, 1.82) is 0 Å². The lowest BCUT2D eigenvalue weighted by Gasteiger charge is -2.14. The minimum Gasteiger partial charge on any atom is -0.490 e. The Balaban J connectivity index is 1.67. The number of anilines is 1. The molecule has 3 rings (SSSR count). The number of para-hydroxylation sites is 2. The molecule has 0 unspecified atom stereocenters. The third-order valence-corrected chi connectivity index (χ3v) is 4.68. The first-order valence-corrected chi connectivity index (χ1v) is 10.1. The van der Waals surface area contributed by atoms with Gasteiger partial charge in [0.15, 0.2) is 0 Å². The fourth-order valence-corrected chi connectivity index (χ4v) is 2.97. The van der Waals surface area contributed by atoms with Crippen LogP contribution in [0.3, 0.4) is 0 Å². The third-order valence-electron chi connectivity index (χ3n) is 4.35. The van der Waals surface area contributed by atoms with Crippen molar-refractivity contribution in [2.75, 3.05) is 32.6 Å². The summed E-state index contributed by atoms with van der Waals surface area (Å²) in [5.41, 5.74) is 1.12. The number of carbonyl (C=O) groups is 2. The Kier molecular flexibility index (Phi) is 7.51. The number of hydrogen-bond donors (Lipinski definition) is 1. The molecule has 0 aliphatic heterocycles. The Morgan fingerprint density at radius 2 is 1.58 bits per heavy atom. The highest BCUT2D eigenvalue weighted by atomic mass is 35.5. The maximum atomic E-state index is 12.9. The summed E-state index contributed by atoms with van der Waals surface area (Å²) in [6.07, 6.45) is 0. The quantitative estimate of drug-likeness (QED) is 0.515. The van der Waals surface area contributed by atoms with E-state index < -0.39 is 5.91 Å². The van der Waals surface area contributed by atoms with Gasteiger partial charge in [0.25, 0.3) is 11.8 Å². The fourth-order valence-electron chi connectivity index (χ4n) is 2.81. The van der Waals surface area contributed by atoms with E-state index in [9.17, 15) is 9.59 Å². The van der Waals surface area contributed by atoms with E-state index >= 15 is 0 Å². The van der Waals surface area contributed by atoms with E-state index in [4.69, 9.17) is 21.1 Å². The molecule has 1 N–H and O–H groups in total. The van der Waals surface area contributed by atoms with Crippen molar-refractivity contribution in [3.8, 4) is 11.5 Å². The van der Waals surface area contributed by atoms with Crippen LogP contribution < -0.4 is 14.8 Å². The standard InChI is InChI=1S/C24H23ClN2O4/c1-27(2)24(29)17-12-13-20(25)21(16-17)26-23(28)19-10-6-7-11-22(19)31-15-14-30-18-8-4-3-5-9-18/h3-13,16H,14-15H2,1-2H3,(H,26,28). The van der Waals surface area contributed by atoms with Gasteiger partial charge in [0.2, 0.25) is 0 Å². The molecule has 2 amide bonds. The SMILES string of the molecule is CN(C)C(=O)c1ccc(Cl)c(NC(=O)c2ccccc2OCCOc2ccccc2)c1. The van der Waals surface area contributed by atoms with Crippen LogP contribution in [0.25, 0.3) is 0 Å². The van der Waals surface area contributed by atoms with Gasteiger partial charge >= 0.3 is 0 Å². The Bertz CT molecular complexity index is 1050. The normalized spacial score (nSPS) is 10.3. The largest absolute Gasteiger partial charge is 0.490 e. The van der Waals surface area contributed by atoms with Crippen molar-refractivity contribution in [3.05, 3.63) is 88.9 Å². The predicted octanol–water partition coefficient (Wildman–Crippen LogP) is 4.75. The van der Waals surface area contributed by atoms with Crippen LogP contribution in [0.5, 0.6) is 11.5 Å². The Morgan fingerprint density at radius 1 is 0.903 bits per heavy atom. The van der Waals surface area contributed by atoms with Crippen molar-refractivity contribution >= 4 is 29.1 Å². The molecule has 0 spiro atoms. The van der Waals surface area contributed by atoms with Gasteiger partial charge in [-0.3, -0.25) is 9.59 Å². The van der Waals surface area contributed by atoms with Gasteiger partial charge in [-0.1, -0.05) is 41.9 Å². The van der Waals surface area contributed by atoms with E-state index in [-0.39, 0.29) is 12.5 Å². The highest BCUT2D eigenvalue weighted by Gasteiger charge is 2.16. The number of nitrogens with one attached hydrogen (secondary N) is 1. The summed E-state index contributed by atoms with van der Waals surface area (Å²) >= 11 is 6.23. The number of benzene rings is 3. The molecule has 3 aromatic rings. The molecule has 0 aliphatic carbocycles. The molecule has 3 aromatic carbocycles. The summed E-state index contributed by atoms with van der Waals surface area (Å²) in [6.45, 7) is 0.604. The molecule has 6 nitrogen and oxygen atoms in total. The van der Waals surface area contributed by atoms with E-state index in [1.807, 2.05) is 30.3 Å². The summed E-state index contributed by atoms with van der Waals surface area (Å²) in [4.78, 5) is 26.5. The first-order chi connectivity index (χ1) is 15.0. The summed E-state index contributed by atoms with van der Waals surface area (Å²) in [7, 11) is 3.31. The first kappa shape index (κ1) is 22.2. The average Bonchev–Trinajstić information content (AvgIpc) is 2.78. The van der Waals surface area contributed by atoms with Crippen LogP contribution in [0.4, 0.5) is 5.69 Å². The zero-order chi connectivity index (χ0) is 22.2. The molecule has 0 radical (unpaired) electrons. The second-order valence-electron chi connectivity index (χ2n) is 6.85. The number of amides is 2. The van der Waals surface area contributed by atoms with Gasteiger partial charge in [-0.25, -0.2) is 0 Å². The molecule has 7 heteroatoms. The summed E-state index contributed by atoms with van der Waals surface area (Å²) < 4.78 is 11.4. The van der Waals surface area contributed by atoms with E-state index in [0.717, 1.165) is 5.75 Å². The number of halogens is 1. The number of nitrogens with zero attached hydrogens (tertiary/aromatic N) is 1. The van der Waals surface area contributed by atoms with Crippen molar-refractivity contribution in [1.82, 2.24) is 4.90 Å². The lowest BCUT2D eigenvalue weighted by Crippen LogP contribution is -2.22. The van der Waals surface area contributed by atoms with E-state index in [1.54, 1.807) is 56.6 Å². The van der Waals surface area contributed by atoms with Crippen LogP contribution in [-0.2, 0) is 0 Å². The molecule has 31 heavy (non-hydrogen) atoms. The van der Waals surface area contributed by atoms with Gasteiger partial charge in [0, 0.05) is 19.7 Å². The maximum Gasteiger partial charge on any atom is 0.259 e. The fraction of sp³-hybridized carbons (Fsp3) is 0.167. The molecular weight excluding hydrogens is 416 g/mol. The maximum absolute atomic E-state index is 12.9. The zero-order valence-electron chi connectivity index (χ0n) is 17.3. The summed E-state index contributed by atoms with van der Waals surface area (Å²) in [5, 5.41) is 3.10. The molecule has 0 saturated heterocycles. The molecule has 0 atom stereocenters. The monoisotopic (exact) mass is 438 g/mol. The highest BCUT2D eigenvalue weighted by molar-refractivity contribution is 6.34. The highest BCUT2D eigenvalue weighted by Crippen LogP contribution is 2.26. The Morgan fingerprint density at radius 3 is 2.32 bits per heavy atom. The van der Waals surface area contributed by atoms with Gasteiger partial charge in [-0.05, 0) is 42.5 Å². The van der Waals surface area contributed by atoms with Crippen LogP contribution in [-0.4, -0.2) is 44.0 Å². The number of rotatable bonds is 8. The third kappa shape index (κ3) is 5.99. The lowest BCUT2D eigenvalue weighted by atomic mass is 10.1. The number of ether oxygens (including phenoxy) is 2. The number of carbonyl (C=O) groups excluding carboxylic acids is 2. The van der Waals surface area contributed by atoms with E-state index in [0.29, 0.717) is 34.2 Å². The first-order valence-electron chi connectivity index (χ1n) is 9.68. The van der Waals surface area contributed by atoms with Gasteiger partial charge in [-0.15, -0.1) is 0 Å². The topological polar surface area (TPSA) is 67.9 Å². The summed E-state index contributed by atoms with van der Waals surface area (Å²) in [5.74, 6) is 0.595. The van der Waals surface area contributed by atoms with Gasteiger partial charge in [0.1, 0.15) is 24.7 Å². The van der Waals surface area contributed by atoms with Crippen molar-refractivity contribution < 1.29 is 19.1 Å². The molecular formula is C24H23ClN2O4. The Labute approximate surface area is 186 Å². The lowest BCUT2D eigenvalue weighted by molar-refractivity contribution is 0.0827. The molecule has 0 aliphatic rings. The van der Waals surface area contributed by atoms with Gasteiger partial charge in [-0.2, -0.15) is 0 Å². The van der Waals surface area contributed by atoms with Crippen molar-refractivity contribution in [2.45, 2.75) is 0 Å². The second kappa shape index (κ2) is 10.5. The van der Waals surface area contributed by atoms with Crippen LogP contribution in [0, 0.1) is 0 Å². The molecule has 160 valence electrons. The van der Waals surface area contributed by atoms with Gasteiger partial charge < -0.3 is 19.7 Å². The predicted molar refractivity (Wildman–Crippen MR) is 121 cm³/mol. The number of hydrogen-bond acceptors (Lipinski definition) is 4. The van der Waals surface area contributed by atoms with E-state index in [1.165, 1.54) is 4.90 Å². The van der Waals surface area contributed by atoms with E-state index in [2.05, 4.69) is 5.32 Å². The summed E-state index contributed by atoms with van der Waals surface area (Å²) in [6, 6.07) is 21.1. The van der Waals surface area contributed by atoms with Crippen LogP contribution in [0.15, 0.2) is 72.8 Å². The van der Waals surface area contributed by atoms with Crippen LogP contribution in [0.1, 0.15) is 20.7 Å². The second-order valence-corrected chi connectivity index (χ2v) is 7.26. The molecule has 0 fully saturated rings. The van der Waals surface area contributed by atoms with Gasteiger partial charge in [0.05, 0.1) is 16.3 Å². The van der Waals surface area contributed by atoms with Crippen LogP contribution in [0.2, 0.25) is 5.02 Å². The Hall–Kier alpha value is -3.51. The minimum atomic E-state index is -0.393. The zero-order valence-corrected chi connectivity index (χ0v) is 18.1. The minimum absolute atomic E-state index is 0.186. The molecule has 0 bridgehead atoms. The van der Waals surface area contributed by atoms with Crippen molar-refractivity contribution in [3.63, 3.8) is 0 Å².